The Bertz CT molecular complexity index is 906. The summed E-state index contributed by atoms with van der Waals surface area (Å²) in [4.78, 5) is 16.5. The number of hydrogen-bond acceptors (Lipinski definition) is 4. The van der Waals surface area contributed by atoms with E-state index in [1.165, 1.54) is 11.8 Å². The third-order valence-electron chi connectivity index (χ3n) is 3.80. The van der Waals surface area contributed by atoms with E-state index in [-0.39, 0.29) is 6.03 Å². The highest BCUT2D eigenvalue weighted by Crippen LogP contribution is 2.25. The van der Waals surface area contributed by atoms with Crippen LogP contribution in [0.15, 0.2) is 53.8 Å². The summed E-state index contributed by atoms with van der Waals surface area (Å²) in [6.45, 7) is 1.96. The number of pyridine rings is 1. The van der Waals surface area contributed by atoms with Crippen molar-refractivity contribution in [3.63, 3.8) is 0 Å². The summed E-state index contributed by atoms with van der Waals surface area (Å²) < 4.78 is 1.80. The maximum Gasteiger partial charge on any atom is 0.323 e. The highest BCUT2D eigenvalue weighted by Gasteiger charge is 2.09. The second kappa shape index (κ2) is 7.40. The summed E-state index contributed by atoms with van der Waals surface area (Å²) in [5, 5.41) is 10.8. The quantitative estimate of drug-likeness (QED) is 0.691. The van der Waals surface area contributed by atoms with E-state index in [0.29, 0.717) is 5.69 Å². The fourth-order valence-electron chi connectivity index (χ4n) is 2.46. The van der Waals surface area contributed by atoms with Gasteiger partial charge in [0.1, 0.15) is 0 Å². The molecule has 0 bridgehead atoms. The van der Waals surface area contributed by atoms with Crippen LogP contribution in [0.1, 0.15) is 5.56 Å². The number of benzene rings is 1. The second-order valence-electron chi connectivity index (χ2n) is 5.54. The van der Waals surface area contributed by atoms with Gasteiger partial charge in [0.15, 0.2) is 0 Å². The largest absolute Gasteiger partial charge is 0.323 e. The molecule has 0 aliphatic carbocycles. The van der Waals surface area contributed by atoms with E-state index in [2.05, 4.69) is 20.7 Å². The van der Waals surface area contributed by atoms with Crippen LogP contribution in [0.2, 0.25) is 0 Å². The number of nitrogens with one attached hydrogen (secondary N) is 2. The molecule has 0 radical (unpaired) electrons. The smallest absolute Gasteiger partial charge is 0.308 e. The standard InChI is InChI=1S/C18H19N5OS/c1-12-4-5-13(16-7-9-20-23(16)2)10-15(12)22-18(24)21-14-6-8-19-17(11-14)25-3/h4-11H,1-3H3,(H2,19,21,22,24). The highest BCUT2D eigenvalue weighted by atomic mass is 32.2. The van der Waals surface area contributed by atoms with Crippen LogP contribution in [0.25, 0.3) is 11.3 Å². The summed E-state index contributed by atoms with van der Waals surface area (Å²) in [7, 11) is 1.89. The number of anilines is 2. The van der Waals surface area contributed by atoms with Gasteiger partial charge in [-0.3, -0.25) is 4.68 Å². The summed E-state index contributed by atoms with van der Waals surface area (Å²) in [6, 6.07) is 11.2. The summed E-state index contributed by atoms with van der Waals surface area (Å²) in [5.74, 6) is 0. The Morgan fingerprint density at radius 1 is 1.12 bits per heavy atom. The van der Waals surface area contributed by atoms with Gasteiger partial charge in [0.25, 0.3) is 0 Å². The number of aryl methyl sites for hydroxylation is 2. The molecule has 2 amide bonds. The van der Waals surface area contributed by atoms with Crippen LogP contribution in [0.3, 0.4) is 0 Å². The summed E-state index contributed by atoms with van der Waals surface area (Å²) in [5.41, 5.74) is 4.44. The predicted octanol–water partition coefficient (Wildman–Crippen LogP) is 4.16. The van der Waals surface area contributed by atoms with E-state index >= 15 is 0 Å². The van der Waals surface area contributed by atoms with Gasteiger partial charge in [0.2, 0.25) is 0 Å². The second-order valence-corrected chi connectivity index (χ2v) is 6.36. The van der Waals surface area contributed by atoms with Crippen LogP contribution < -0.4 is 10.6 Å². The number of amides is 2. The first kappa shape index (κ1) is 17.0. The average Bonchev–Trinajstić information content (AvgIpc) is 3.03. The van der Waals surface area contributed by atoms with Crippen molar-refractivity contribution in [1.82, 2.24) is 14.8 Å². The molecule has 25 heavy (non-hydrogen) atoms. The minimum Gasteiger partial charge on any atom is -0.308 e. The molecular formula is C18H19N5OS. The molecule has 1 aromatic carbocycles. The van der Waals surface area contributed by atoms with E-state index in [4.69, 9.17) is 0 Å². The van der Waals surface area contributed by atoms with Crippen LogP contribution in [-0.4, -0.2) is 27.1 Å². The van der Waals surface area contributed by atoms with Gasteiger partial charge >= 0.3 is 6.03 Å². The van der Waals surface area contributed by atoms with Crippen molar-refractivity contribution < 1.29 is 4.79 Å². The fraction of sp³-hybridized carbons (Fsp3) is 0.167. The van der Waals surface area contributed by atoms with Crippen molar-refractivity contribution in [2.24, 2.45) is 7.05 Å². The zero-order valence-electron chi connectivity index (χ0n) is 14.3. The van der Waals surface area contributed by atoms with Crippen molar-refractivity contribution in [3.8, 4) is 11.3 Å². The molecule has 3 rings (SSSR count). The predicted molar refractivity (Wildman–Crippen MR) is 102 cm³/mol. The molecule has 0 aliphatic heterocycles. The van der Waals surface area contributed by atoms with Crippen molar-refractivity contribution in [1.29, 1.82) is 0 Å². The van der Waals surface area contributed by atoms with Crippen molar-refractivity contribution in [2.45, 2.75) is 11.9 Å². The normalized spacial score (nSPS) is 10.5. The van der Waals surface area contributed by atoms with E-state index < -0.39 is 0 Å². The molecule has 128 valence electrons. The van der Waals surface area contributed by atoms with Gasteiger partial charge in [-0.25, -0.2) is 9.78 Å². The van der Waals surface area contributed by atoms with Gasteiger partial charge in [0.05, 0.1) is 10.7 Å². The van der Waals surface area contributed by atoms with Crippen molar-refractivity contribution in [3.05, 3.63) is 54.4 Å². The van der Waals surface area contributed by atoms with Gasteiger partial charge in [-0.15, -0.1) is 11.8 Å². The molecule has 2 aromatic heterocycles. The van der Waals surface area contributed by atoms with Gasteiger partial charge in [0, 0.05) is 36.4 Å². The Hall–Kier alpha value is -2.80. The van der Waals surface area contributed by atoms with Gasteiger partial charge in [-0.05, 0) is 43.0 Å². The fourth-order valence-corrected chi connectivity index (χ4v) is 2.87. The number of carbonyl (C=O) groups is 1. The van der Waals surface area contributed by atoms with Crippen LogP contribution in [0.4, 0.5) is 16.2 Å². The molecule has 0 spiro atoms. The summed E-state index contributed by atoms with van der Waals surface area (Å²) in [6.07, 6.45) is 5.37. The number of thioether (sulfide) groups is 1. The van der Waals surface area contributed by atoms with E-state index in [9.17, 15) is 4.79 Å². The third-order valence-corrected chi connectivity index (χ3v) is 4.45. The summed E-state index contributed by atoms with van der Waals surface area (Å²) >= 11 is 1.53. The first-order valence-electron chi connectivity index (χ1n) is 7.74. The topological polar surface area (TPSA) is 71.8 Å². The Balaban J connectivity index is 1.77. The van der Waals surface area contributed by atoms with Gasteiger partial charge in [-0.2, -0.15) is 5.10 Å². The molecule has 6 nitrogen and oxygen atoms in total. The molecule has 0 saturated heterocycles. The highest BCUT2D eigenvalue weighted by molar-refractivity contribution is 7.98. The number of urea groups is 1. The number of carbonyl (C=O) groups excluding carboxylic acids is 1. The van der Waals surface area contributed by atoms with Gasteiger partial charge < -0.3 is 10.6 Å². The van der Waals surface area contributed by atoms with Crippen LogP contribution in [0.5, 0.6) is 0 Å². The Labute approximate surface area is 150 Å². The minimum atomic E-state index is -0.288. The molecule has 2 heterocycles. The monoisotopic (exact) mass is 353 g/mol. The first-order valence-corrected chi connectivity index (χ1v) is 8.96. The lowest BCUT2D eigenvalue weighted by atomic mass is 10.1. The Morgan fingerprint density at radius 3 is 2.68 bits per heavy atom. The molecule has 0 aliphatic rings. The van der Waals surface area contributed by atoms with E-state index in [1.54, 1.807) is 23.1 Å². The van der Waals surface area contributed by atoms with Crippen LogP contribution >= 0.6 is 11.8 Å². The van der Waals surface area contributed by atoms with Crippen molar-refractivity contribution in [2.75, 3.05) is 16.9 Å². The molecule has 3 aromatic rings. The molecule has 2 N–H and O–H groups in total. The van der Waals surface area contributed by atoms with E-state index in [0.717, 1.165) is 27.5 Å². The van der Waals surface area contributed by atoms with Gasteiger partial charge in [-0.1, -0.05) is 12.1 Å². The number of hydrogen-bond donors (Lipinski definition) is 2. The van der Waals surface area contributed by atoms with Crippen molar-refractivity contribution >= 4 is 29.2 Å². The number of nitrogens with zero attached hydrogens (tertiary/aromatic N) is 3. The molecule has 7 heteroatoms. The lowest BCUT2D eigenvalue weighted by Crippen LogP contribution is -2.20. The lowest BCUT2D eigenvalue weighted by Gasteiger charge is -2.12. The minimum absolute atomic E-state index is 0.288. The maximum absolute atomic E-state index is 12.3. The SMILES string of the molecule is CSc1cc(NC(=O)Nc2cc(-c3ccnn3C)ccc2C)ccn1. The Morgan fingerprint density at radius 2 is 1.96 bits per heavy atom. The zero-order valence-corrected chi connectivity index (χ0v) is 15.1. The van der Waals surface area contributed by atoms with Crippen LogP contribution in [-0.2, 0) is 7.05 Å². The molecule has 0 unspecified atom stereocenters. The third kappa shape index (κ3) is 4.00. The lowest BCUT2D eigenvalue weighted by molar-refractivity contribution is 0.262. The number of aromatic nitrogens is 3. The molecule has 0 saturated carbocycles. The zero-order chi connectivity index (χ0) is 17.8. The first-order chi connectivity index (χ1) is 12.1. The average molecular weight is 353 g/mol. The van der Waals surface area contributed by atoms with E-state index in [1.807, 2.05) is 50.6 Å². The maximum atomic E-state index is 12.3. The Kier molecular flexibility index (Phi) is 5.04. The van der Waals surface area contributed by atoms with Crippen LogP contribution in [0, 0.1) is 6.92 Å². The number of rotatable bonds is 4. The molecule has 0 fully saturated rings. The molecule has 0 atom stereocenters. The molecular weight excluding hydrogens is 334 g/mol.